The van der Waals surface area contributed by atoms with Crippen LogP contribution in [-0.4, -0.2) is 46.7 Å². The van der Waals surface area contributed by atoms with Gasteiger partial charge in [-0.3, -0.25) is 9.89 Å². The maximum atomic E-state index is 14.4. The molecule has 0 amide bonds. The van der Waals surface area contributed by atoms with Crippen molar-refractivity contribution in [2.75, 3.05) is 20.8 Å². The number of methoxy groups -OCH3 is 2. The highest BCUT2D eigenvalue weighted by molar-refractivity contribution is 5.99. The second-order valence-corrected chi connectivity index (χ2v) is 10.4. The van der Waals surface area contributed by atoms with Gasteiger partial charge in [-0.05, 0) is 61.4 Å². The summed E-state index contributed by atoms with van der Waals surface area (Å²) in [6.45, 7) is 4.79. The maximum Gasteiger partial charge on any atom is 0.306 e. The van der Waals surface area contributed by atoms with E-state index < -0.39 is 11.8 Å². The van der Waals surface area contributed by atoms with Crippen LogP contribution in [0.25, 0.3) is 27.5 Å². The van der Waals surface area contributed by atoms with E-state index in [2.05, 4.69) is 40.7 Å². The summed E-state index contributed by atoms with van der Waals surface area (Å²) < 4.78 is 27.6. The first-order valence-corrected chi connectivity index (χ1v) is 12.3. The highest BCUT2D eigenvalue weighted by Crippen LogP contribution is 2.47. The molecule has 36 heavy (non-hydrogen) atoms. The van der Waals surface area contributed by atoms with E-state index in [-0.39, 0.29) is 23.0 Å². The molecule has 2 N–H and O–H groups in total. The number of rotatable bonds is 7. The lowest BCUT2D eigenvalue weighted by Gasteiger charge is -2.32. The molecule has 2 aromatic carbocycles. The molecule has 0 saturated heterocycles. The lowest BCUT2D eigenvalue weighted by atomic mass is 9.75. The van der Waals surface area contributed by atoms with E-state index in [9.17, 15) is 14.3 Å². The van der Waals surface area contributed by atoms with Crippen LogP contribution in [0.1, 0.15) is 56.7 Å². The summed E-state index contributed by atoms with van der Waals surface area (Å²) in [7, 11) is 3.16. The minimum Gasteiger partial charge on any atom is -0.494 e. The largest absolute Gasteiger partial charge is 0.494 e. The number of carboxylic acids is 1. The lowest BCUT2D eigenvalue weighted by molar-refractivity contribution is -0.142. The van der Waals surface area contributed by atoms with Gasteiger partial charge in [-0.2, -0.15) is 5.10 Å². The van der Waals surface area contributed by atoms with Crippen LogP contribution in [0.3, 0.4) is 0 Å². The number of hydrogen-bond donors (Lipinski definition) is 2. The van der Waals surface area contributed by atoms with E-state index in [1.165, 1.54) is 18.7 Å². The number of ether oxygens (including phenoxy) is 2. The van der Waals surface area contributed by atoms with Crippen LogP contribution >= 0.6 is 0 Å². The van der Waals surface area contributed by atoms with E-state index in [1.807, 2.05) is 0 Å². The first-order valence-electron chi connectivity index (χ1n) is 12.3. The summed E-state index contributed by atoms with van der Waals surface area (Å²) in [6, 6.07) is 9.18. The highest BCUT2D eigenvalue weighted by atomic mass is 19.1. The Bertz CT molecular complexity index is 1430. The van der Waals surface area contributed by atoms with Gasteiger partial charge >= 0.3 is 5.97 Å². The standard InChI is InChI=1S/C28H32FN3O4/c1-28(2,15-35-3)26-25(16-5-7-17(8-6-16)27(33)34)20-13-22-18(14-30-31-22)11-23(20)32(26)19-9-10-21(29)24(12-19)36-4/h9-14,16-17H,5-8,15H2,1-4H3,(H,30,31)(H,33,34). The topological polar surface area (TPSA) is 89.4 Å². The van der Waals surface area contributed by atoms with Crippen molar-refractivity contribution in [2.24, 2.45) is 5.92 Å². The number of hydrogen-bond acceptors (Lipinski definition) is 4. The fourth-order valence-corrected chi connectivity index (χ4v) is 5.94. The summed E-state index contributed by atoms with van der Waals surface area (Å²) in [5.74, 6) is -1.06. The predicted molar refractivity (Wildman–Crippen MR) is 137 cm³/mol. The number of aliphatic carboxylic acids is 1. The third-order valence-corrected chi connectivity index (χ3v) is 7.59. The minimum atomic E-state index is -0.714. The van der Waals surface area contributed by atoms with Crippen molar-refractivity contribution >= 4 is 27.8 Å². The average Bonchev–Trinajstić information content (AvgIpc) is 3.45. The SMILES string of the molecule is COCC(C)(C)c1c(C2CCC(C(=O)O)CC2)c2cc3[nH]ncc3cc2n1-c1ccc(F)c(OC)c1. The van der Waals surface area contributed by atoms with Crippen molar-refractivity contribution in [1.29, 1.82) is 0 Å². The molecule has 5 rings (SSSR count). The van der Waals surface area contributed by atoms with Gasteiger partial charge in [0, 0.05) is 40.7 Å². The maximum absolute atomic E-state index is 14.4. The molecular formula is C28H32FN3O4. The summed E-state index contributed by atoms with van der Waals surface area (Å²) >= 11 is 0. The van der Waals surface area contributed by atoms with E-state index >= 15 is 0 Å². The fourth-order valence-electron chi connectivity index (χ4n) is 5.94. The highest BCUT2D eigenvalue weighted by Gasteiger charge is 2.37. The van der Waals surface area contributed by atoms with E-state index in [0.29, 0.717) is 19.4 Å². The van der Waals surface area contributed by atoms with Gasteiger partial charge in [0.15, 0.2) is 11.6 Å². The van der Waals surface area contributed by atoms with Crippen LogP contribution in [0.4, 0.5) is 4.39 Å². The Hall–Kier alpha value is -3.39. The van der Waals surface area contributed by atoms with Gasteiger partial charge in [0.25, 0.3) is 0 Å². The number of nitrogens with zero attached hydrogens (tertiary/aromatic N) is 2. The molecule has 0 bridgehead atoms. The van der Waals surface area contributed by atoms with E-state index in [4.69, 9.17) is 9.47 Å². The monoisotopic (exact) mass is 493 g/mol. The van der Waals surface area contributed by atoms with Gasteiger partial charge in [0.1, 0.15) is 0 Å². The zero-order valence-corrected chi connectivity index (χ0v) is 21.1. The Labute approximate surface area is 209 Å². The number of carboxylic acid groups (broad SMARTS) is 1. The summed E-state index contributed by atoms with van der Waals surface area (Å²) in [5, 5.41) is 19.0. The second kappa shape index (κ2) is 9.24. The molecule has 0 atom stereocenters. The Morgan fingerprint density at radius 3 is 2.61 bits per heavy atom. The summed E-state index contributed by atoms with van der Waals surface area (Å²) in [5.41, 5.74) is 4.63. The third-order valence-electron chi connectivity index (χ3n) is 7.59. The second-order valence-electron chi connectivity index (χ2n) is 10.4. The lowest BCUT2D eigenvalue weighted by Crippen LogP contribution is -2.29. The van der Waals surface area contributed by atoms with Crippen LogP contribution in [0, 0.1) is 11.7 Å². The minimum absolute atomic E-state index is 0.178. The molecule has 0 aliphatic heterocycles. The number of fused-ring (bicyclic) bond motifs is 2. The smallest absolute Gasteiger partial charge is 0.306 e. The fraction of sp³-hybridized carbons (Fsp3) is 0.429. The molecule has 190 valence electrons. The van der Waals surface area contributed by atoms with Crippen LogP contribution in [0.5, 0.6) is 5.75 Å². The van der Waals surface area contributed by atoms with E-state index in [1.54, 1.807) is 25.4 Å². The normalized spacial score (nSPS) is 18.7. The molecule has 0 unspecified atom stereocenters. The molecule has 1 saturated carbocycles. The summed E-state index contributed by atoms with van der Waals surface area (Å²) in [6.07, 6.45) is 4.68. The molecule has 8 heteroatoms. The van der Waals surface area contributed by atoms with Crippen LogP contribution < -0.4 is 4.74 Å². The van der Waals surface area contributed by atoms with Gasteiger partial charge < -0.3 is 19.1 Å². The number of aromatic amines is 1. The molecule has 1 aliphatic rings. The van der Waals surface area contributed by atoms with Crippen molar-refractivity contribution in [1.82, 2.24) is 14.8 Å². The predicted octanol–water partition coefficient (Wildman–Crippen LogP) is 5.94. The molecule has 0 radical (unpaired) electrons. The van der Waals surface area contributed by atoms with Gasteiger partial charge in [0.2, 0.25) is 0 Å². The zero-order valence-electron chi connectivity index (χ0n) is 21.1. The van der Waals surface area contributed by atoms with Crippen LogP contribution in [0.2, 0.25) is 0 Å². The first-order chi connectivity index (χ1) is 17.2. The van der Waals surface area contributed by atoms with Crippen molar-refractivity contribution in [3.05, 3.63) is 53.6 Å². The number of nitrogens with one attached hydrogen (secondary N) is 1. The molecule has 2 heterocycles. The van der Waals surface area contributed by atoms with Crippen molar-refractivity contribution in [2.45, 2.75) is 50.9 Å². The van der Waals surface area contributed by atoms with Crippen LogP contribution in [-0.2, 0) is 14.9 Å². The molecular weight excluding hydrogens is 461 g/mol. The molecule has 2 aromatic heterocycles. The number of benzene rings is 2. The van der Waals surface area contributed by atoms with Crippen molar-refractivity contribution in [3.8, 4) is 11.4 Å². The molecule has 1 aliphatic carbocycles. The Balaban J connectivity index is 1.83. The Morgan fingerprint density at radius 1 is 1.19 bits per heavy atom. The van der Waals surface area contributed by atoms with Crippen molar-refractivity contribution < 1.29 is 23.8 Å². The Morgan fingerprint density at radius 2 is 1.94 bits per heavy atom. The van der Waals surface area contributed by atoms with Gasteiger partial charge in [0.05, 0.1) is 36.9 Å². The molecule has 4 aromatic rings. The Kier molecular flexibility index (Phi) is 6.24. The van der Waals surface area contributed by atoms with Crippen molar-refractivity contribution in [3.63, 3.8) is 0 Å². The zero-order chi connectivity index (χ0) is 25.6. The summed E-state index contributed by atoms with van der Waals surface area (Å²) in [4.78, 5) is 11.6. The number of aromatic nitrogens is 3. The molecule has 1 fully saturated rings. The first kappa shape index (κ1) is 24.3. The van der Waals surface area contributed by atoms with Gasteiger partial charge in [-0.1, -0.05) is 13.8 Å². The number of halogens is 1. The molecule has 7 nitrogen and oxygen atoms in total. The third kappa shape index (κ3) is 4.03. The van der Waals surface area contributed by atoms with Gasteiger partial charge in [-0.15, -0.1) is 0 Å². The van der Waals surface area contributed by atoms with E-state index in [0.717, 1.165) is 46.0 Å². The average molecular weight is 494 g/mol. The number of H-pyrrole nitrogens is 1. The number of carbonyl (C=O) groups is 1. The van der Waals surface area contributed by atoms with Crippen LogP contribution in [0.15, 0.2) is 36.5 Å². The quantitative estimate of drug-likeness (QED) is 0.333. The molecule has 0 spiro atoms. The van der Waals surface area contributed by atoms with Gasteiger partial charge in [-0.25, -0.2) is 4.39 Å².